The van der Waals surface area contributed by atoms with Crippen molar-refractivity contribution < 1.29 is 17.9 Å². The standard InChI is InChI=1S/C19H20N2O4S2/c1-24-16-10-9-13(12-17(16)25-2)27(22,23)21-11-5-7-15(21)19-20-14-6-3-4-8-18(14)26-19/h3-4,6,8-10,12,15H,5,7,11H2,1-2H3/t15-/m0/s1. The maximum Gasteiger partial charge on any atom is 0.243 e. The van der Waals surface area contributed by atoms with Gasteiger partial charge in [-0.15, -0.1) is 11.3 Å². The normalized spacial score (nSPS) is 18.1. The van der Waals surface area contributed by atoms with Crippen molar-refractivity contribution in [1.82, 2.24) is 9.29 Å². The maximum absolute atomic E-state index is 13.3. The van der Waals surface area contributed by atoms with Crippen LogP contribution < -0.4 is 9.47 Å². The largest absolute Gasteiger partial charge is 0.493 e. The van der Waals surface area contributed by atoms with Gasteiger partial charge < -0.3 is 9.47 Å². The number of para-hydroxylation sites is 1. The molecule has 0 radical (unpaired) electrons. The van der Waals surface area contributed by atoms with Crippen LogP contribution in [0.15, 0.2) is 47.4 Å². The molecule has 1 aliphatic heterocycles. The first-order chi connectivity index (χ1) is 13.0. The molecule has 1 saturated heterocycles. The molecule has 0 amide bonds. The minimum atomic E-state index is -3.67. The minimum absolute atomic E-state index is 0.202. The highest BCUT2D eigenvalue weighted by Gasteiger charge is 2.38. The molecule has 27 heavy (non-hydrogen) atoms. The number of hydrogen-bond donors (Lipinski definition) is 0. The minimum Gasteiger partial charge on any atom is -0.493 e. The molecule has 2 aromatic carbocycles. The van der Waals surface area contributed by atoms with E-state index in [1.807, 2.05) is 24.3 Å². The Hall–Kier alpha value is -2.16. The van der Waals surface area contributed by atoms with E-state index in [1.165, 1.54) is 20.3 Å². The summed E-state index contributed by atoms with van der Waals surface area (Å²) >= 11 is 1.56. The van der Waals surface area contributed by atoms with Gasteiger partial charge in [0.25, 0.3) is 0 Å². The van der Waals surface area contributed by atoms with Crippen molar-refractivity contribution in [3.05, 3.63) is 47.5 Å². The molecule has 0 bridgehead atoms. The third-order valence-electron chi connectivity index (χ3n) is 4.76. The van der Waals surface area contributed by atoms with Crippen LogP contribution in [-0.4, -0.2) is 38.5 Å². The summed E-state index contributed by atoms with van der Waals surface area (Å²) in [6, 6.07) is 12.3. The number of benzene rings is 2. The lowest BCUT2D eigenvalue weighted by Gasteiger charge is -2.23. The van der Waals surface area contributed by atoms with E-state index < -0.39 is 10.0 Å². The summed E-state index contributed by atoms with van der Waals surface area (Å²) in [6.07, 6.45) is 1.58. The maximum atomic E-state index is 13.3. The van der Waals surface area contributed by atoms with Crippen molar-refractivity contribution >= 4 is 31.6 Å². The summed E-state index contributed by atoms with van der Waals surface area (Å²) in [7, 11) is -0.649. The number of thiazole rings is 1. The number of nitrogens with zero attached hydrogens (tertiary/aromatic N) is 2. The summed E-state index contributed by atoms with van der Waals surface area (Å²) in [6.45, 7) is 0.483. The molecule has 3 aromatic rings. The van der Waals surface area contributed by atoms with Crippen LogP contribution in [0.2, 0.25) is 0 Å². The Morgan fingerprint density at radius 3 is 2.63 bits per heavy atom. The first-order valence-electron chi connectivity index (χ1n) is 8.64. The van der Waals surface area contributed by atoms with Crippen molar-refractivity contribution in [1.29, 1.82) is 0 Å². The molecule has 0 aliphatic carbocycles. The second kappa shape index (κ2) is 7.10. The van der Waals surface area contributed by atoms with Crippen molar-refractivity contribution in [3.8, 4) is 11.5 Å². The quantitative estimate of drug-likeness (QED) is 0.646. The van der Waals surface area contributed by atoms with Crippen LogP contribution in [0.1, 0.15) is 23.9 Å². The van der Waals surface area contributed by atoms with Crippen LogP contribution in [0.5, 0.6) is 11.5 Å². The third kappa shape index (κ3) is 3.18. The van der Waals surface area contributed by atoms with Gasteiger partial charge in [-0.2, -0.15) is 4.31 Å². The zero-order valence-corrected chi connectivity index (χ0v) is 16.7. The molecule has 1 atom stereocenters. The summed E-state index contributed by atoms with van der Waals surface area (Å²) < 4.78 is 39.7. The van der Waals surface area contributed by atoms with E-state index in [9.17, 15) is 8.42 Å². The van der Waals surface area contributed by atoms with Crippen LogP contribution >= 0.6 is 11.3 Å². The van der Waals surface area contributed by atoms with E-state index in [-0.39, 0.29) is 10.9 Å². The zero-order valence-electron chi connectivity index (χ0n) is 15.1. The Labute approximate surface area is 162 Å². The fraction of sp³-hybridized carbons (Fsp3) is 0.316. The van der Waals surface area contributed by atoms with Gasteiger partial charge in [0.05, 0.1) is 35.4 Å². The van der Waals surface area contributed by atoms with E-state index in [0.717, 1.165) is 28.1 Å². The first-order valence-corrected chi connectivity index (χ1v) is 10.9. The molecule has 0 saturated carbocycles. The Morgan fingerprint density at radius 2 is 1.89 bits per heavy atom. The fourth-order valence-electron chi connectivity index (χ4n) is 3.42. The summed E-state index contributed by atoms with van der Waals surface area (Å²) in [4.78, 5) is 4.88. The summed E-state index contributed by atoms with van der Waals surface area (Å²) in [5.74, 6) is 0.898. The predicted molar refractivity (Wildman–Crippen MR) is 105 cm³/mol. The van der Waals surface area contributed by atoms with E-state index in [2.05, 4.69) is 4.98 Å². The Balaban J connectivity index is 1.72. The van der Waals surface area contributed by atoms with E-state index >= 15 is 0 Å². The number of methoxy groups -OCH3 is 2. The molecule has 4 rings (SSSR count). The molecule has 1 fully saturated rings. The number of fused-ring (bicyclic) bond motifs is 1. The first kappa shape index (κ1) is 18.2. The highest BCUT2D eigenvalue weighted by Crippen LogP contribution is 2.40. The molecule has 8 heteroatoms. The molecule has 1 aromatic heterocycles. The van der Waals surface area contributed by atoms with Crippen molar-refractivity contribution in [3.63, 3.8) is 0 Å². The number of aromatic nitrogens is 1. The molecule has 1 aliphatic rings. The van der Waals surface area contributed by atoms with Gasteiger partial charge in [0, 0.05) is 12.6 Å². The molecule has 0 unspecified atom stereocenters. The lowest BCUT2D eigenvalue weighted by Crippen LogP contribution is -2.30. The van der Waals surface area contributed by atoms with E-state index in [0.29, 0.717) is 18.0 Å². The van der Waals surface area contributed by atoms with Gasteiger partial charge in [-0.05, 0) is 37.1 Å². The Morgan fingerprint density at radius 1 is 1.11 bits per heavy atom. The van der Waals surface area contributed by atoms with E-state index in [1.54, 1.807) is 27.8 Å². The van der Waals surface area contributed by atoms with Crippen LogP contribution in [0, 0.1) is 0 Å². The Bertz CT molecular complexity index is 1050. The molecule has 142 valence electrons. The molecule has 2 heterocycles. The van der Waals surface area contributed by atoms with Gasteiger partial charge in [0.15, 0.2) is 11.5 Å². The van der Waals surface area contributed by atoms with Gasteiger partial charge in [0.2, 0.25) is 10.0 Å². The average molecular weight is 405 g/mol. The molecule has 6 nitrogen and oxygen atoms in total. The molecule has 0 spiro atoms. The number of ether oxygens (including phenoxy) is 2. The molecular formula is C19H20N2O4S2. The molecular weight excluding hydrogens is 384 g/mol. The number of hydrogen-bond acceptors (Lipinski definition) is 6. The molecule has 0 N–H and O–H groups in total. The van der Waals surface area contributed by atoms with Crippen LogP contribution in [0.25, 0.3) is 10.2 Å². The highest BCUT2D eigenvalue weighted by molar-refractivity contribution is 7.89. The highest BCUT2D eigenvalue weighted by atomic mass is 32.2. The lowest BCUT2D eigenvalue weighted by molar-refractivity contribution is 0.353. The zero-order chi connectivity index (χ0) is 19.0. The van der Waals surface area contributed by atoms with Crippen molar-refractivity contribution in [2.24, 2.45) is 0 Å². The second-order valence-corrected chi connectivity index (χ2v) is 9.26. The van der Waals surface area contributed by atoms with Crippen LogP contribution in [0.4, 0.5) is 0 Å². The topological polar surface area (TPSA) is 68.7 Å². The van der Waals surface area contributed by atoms with E-state index in [4.69, 9.17) is 9.47 Å². The number of sulfonamides is 1. The fourth-order valence-corrected chi connectivity index (χ4v) is 6.28. The lowest BCUT2D eigenvalue weighted by atomic mass is 10.2. The van der Waals surface area contributed by atoms with Gasteiger partial charge in [0.1, 0.15) is 5.01 Å². The van der Waals surface area contributed by atoms with Gasteiger partial charge >= 0.3 is 0 Å². The average Bonchev–Trinajstić information content (AvgIpc) is 3.34. The van der Waals surface area contributed by atoms with Gasteiger partial charge in [-0.25, -0.2) is 13.4 Å². The van der Waals surface area contributed by atoms with Crippen molar-refractivity contribution in [2.45, 2.75) is 23.8 Å². The van der Waals surface area contributed by atoms with Crippen molar-refractivity contribution in [2.75, 3.05) is 20.8 Å². The van der Waals surface area contributed by atoms with Gasteiger partial charge in [-0.3, -0.25) is 0 Å². The summed E-state index contributed by atoms with van der Waals surface area (Å²) in [5, 5.41) is 0.845. The Kier molecular flexibility index (Phi) is 4.79. The smallest absolute Gasteiger partial charge is 0.243 e. The monoisotopic (exact) mass is 404 g/mol. The number of rotatable bonds is 5. The van der Waals surface area contributed by atoms with Gasteiger partial charge in [-0.1, -0.05) is 12.1 Å². The predicted octanol–water partition coefficient (Wildman–Crippen LogP) is 3.84. The third-order valence-corrected chi connectivity index (χ3v) is 7.80. The van der Waals surface area contributed by atoms with Crippen LogP contribution in [0.3, 0.4) is 0 Å². The second-order valence-electron chi connectivity index (χ2n) is 6.31. The SMILES string of the molecule is COc1ccc(S(=O)(=O)N2CCC[C@H]2c2nc3ccccc3s2)cc1OC. The summed E-state index contributed by atoms with van der Waals surface area (Å²) in [5.41, 5.74) is 0.910. The van der Waals surface area contributed by atoms with Crippen LogP contribution in [-0.2, 0) is 10.0 Å².